The van der Waals surface area contributed by atoms with Gasteiger partial charge in [-0.1, -0.05) is 0 Å². The van der Waals surface area contributed by atoms with Crippen LogP contribution in [0.15, 0.2) is 6.20 Å². The highest BCUT2D eigenvalue weighted by molar-refractivity contribution is 5.28. The van der Waals surface area contributed by atoms with Crippen molar-refractivity contribution in [3.63, 3.8) is 0 Å². The highest BCUT2D eigenvalue weighted by Crippen LogP contribution is 2.42. The molecule has 18 heavy (non-hydrogen) atoms. The molecule has 1 saturated heterocycles. The Hall–Kier alpha value is -1.01. The Bertz CT molecular complexity index is 462. The lowest BCUT2D eigenvalue weighted by atomic mass is 9.91. The van der Waals surface area contributed by atoms with Crippen molar-refractivity contribution in [2.45, 2.75) is 44.4 Å². The van der Waals surface area contributed by atoms with Crippen LogP contribution in [0.5, 0.6) is 0 Å². The Morgan fingerprint density at radius 1 is 1.61 bits per heavy atom. The number of alkyl halides is 2. The fraction of sp³-hybridized carbons (Fsp3) is 0.750. The minimum Gasteiger partial charge on any atom is -0.365 e. The molecule has 0 amide bonds. The molecule has 1 aromatic heterocycles. The molecule has 1 aromatic rings. The van der Waals surface area contributed by atoms with Gasteiger partial charge < -0.3 is 10.1 Å². The number of hydrogen-bond acceptors (Lipinski definition) is 3. The molecule has 100 valence electrons. The van der Waals surface area contributed by atoms with E-state index in [1.807, 2.05) is 6.92 Å². The maximum absolute atomic E-state index is 13.0. The van der Waals surface area contributed by atoms with Crippen molar-refractivity contribution in [3.05, 3.63) is 17.5 Å². The van der Waals surface area contributed by atoms with Gasteiger partial charge in [0, 0.05) is 12.6 Å². The molecule has 0 radical (unpaired) electrons. The van der Waals surface area contributed by atoms with Crippen LogP contribution in [0.1, 0.15) is 30.6 Å². The molecule has 3 atom stereocenters. The predicted octanol–water partition coefficient (Wildman–Crippen LogP) is 1.61. The first-order chi connectivity index (χ1) is 8.53. The van der Waals surface area contributed by atoms with Crippen LogP contribution in [0.2, 0.25) is 0 Å². The van der Waals surface area contributed by atoms with Crippen LogP contribution in [0.4, 0.5) is 8.78 Å². The van der Waals surface area contributed by atoms with E-state index in [0.29, 0.717) is 12.6 Å². The summed E-state index contributed by atoms with van der Waals surface area (Å²) in [6.07, 6.45) is 0.00628. The molecule has 3 rings (SSSR count). The van der Waals surface area contributed by atoms with Crippen molar-refractivity contribution >= 4 is 0 Å². The molecule has 3 heterocycles. The maximum atomic E-state index is 13.0. The smallest absolute Gasteiger partial charge is 0.262 e. The fourth-order valence-electron chi connectivity index (χ4n) is 3.10. The average Bonchev–Trinajstić information content (AvgIpc) is 2.85. The van der Waals surface area contributed by atoms with Crippen molar-refractivity contribution in [2.75, 3.05) is 13.2 Å². The monoisotopic (exact) mass is 257 g/mol. The molecule has 2 aliphatic heterocycles. The van der Waals surface area contributed by atoms with Gasteiger partial charge in [-0.15, -0.1) is 0 Å². The Morgan fingerprint density at radius 2 is 2.39 bits per heavy atom. The number of hydrogen-bond donors (Lipinski definition) is 1. The van der Waals surface area contributed by atoms with E-state index in [-0.39, 0.29) is 6.61 Å². The second-order valence-corrected chi connectivity index (χ2v) is 5.31. The van der Waals surface area contributed by atoms with Crippen molar-refractivity contribution < 1.29 is 13.5 Å². The summed E-state index contributed by atoms with van der Waals surface area (Å²) < 4.78 is 33.3. The number of fused-ring (bicyclic) bond motifs is 2. The highest BCUT2D eigenvalue weighted by atomic mass is 19.3. The number of aromatic nitrogens is 2. The van der Waals surface area contributed by atoms with Gasteiger partial charge in [0.15, 0.2) is 0 Å². The summed E-state index contributed by atoms with van der Waals surface area (Å²) in [6.45, 7) is 4.67. The van der Waals surface area contributed by atoms with Crippen LogP contribution in [-0.4, -0.2) is 35.4 Å². The molecule has 2 aliphatic rings. The van der Waals surface area contributed by atoms with Gasteiger partial charge in [-0.05, 0) is 25.8 Å². The number of nitrogens with one attached hydrogen (secondary N) is 1. The van der Waals surface area contributed by atoms with E-state index in [1.165, 1.54) is 4.68 Å². The summed E-state index contributed by atoms with van der Waals surface area (Å²) in [5, 5.41) is 7.46. The second kappa shape index (κ2) is 3.99. The summed E-state index contributed by atoms with van der Waals surface area (Å²) >= 11 is 0. The summed E-state index contributed by atoms with van der Waals surface area (Å²) in [6, 6.07) is -0.633. The molecule has 0 bridgehead atoms. The fourth-order valence-corrected chi connectivity index (χ4v) is 3.10. The van der Waals surface area contributed by atoms with Crippen LogP contribution in [0, 0.1) is 6.92 Å². The topological polar surface area (TPSA) is 39.1 Å². The lowest BCUT2D eigenvalue weighted by molar-refractivity contribution is -0.109. The van der Waals surface area contributed by atoms with Gasteiger partial charge in [0.05, 0.1) is 18.5 Å². The van der Waals surface area contributed by atoms with E-state index in [9.17, 15) is 8.78 Å². The maximum Gasteiger partial charge on any atom is 0.262 e. The normalized spacial score (nSPS) is 35.4. The first-order valence-corrected chi connectivity index (χ1v) is 6.23. The Balaban J connectivity index is 2.06. The van der Waals surface area contributed by atoms with Gasteiger partial charge in [-0.2, -0.15) is 5.10 Å². The minimum atomic E-state index is -2.45. The largest absolute Gasteiger partial charge is 0.365 e. The van der Waals surface area contributed by atoms with Crippen LogP contribution in [0.3, 0.4) is 0 Å². The Labute approximate surface area is 104 Å². The quantitative estimate of drug-likeness (QED) is 0.830. The second-order valence-electron chi connectivity index (χ2n) is 5.31. The third-order valence-electron chi connectivity index (χ3n) is 3.92. The zero-order valence-corrected chi connectivity index (χ0v) is 10.5. The number of ether oxygens (including phenoxy) is 1. The molecule has 1 unspecified atom stereocenters. The van der Waals surface area contributed by atoms with Crippen molar-refractivity contribution in [3.8, 4) is 0 Å². The summed E-state index contributed by atoms with van der Waals surface area (Å²) in [7, 11) is 0. The Morgan fingerprint density at radius 3 is 3.00 bits per heavy atom. The number of aryl methyl sites for hydroxylation is 1. The number of rotatable bonds is 1. The zero-order chi connectivity index (χ0) is 12.9. The van der Waals surface area contributed by atoms with Gasteiger partial charge >= 0.3 is 0 Å². The lowest BCUT2D eigenvalue weighted by Crippen LogP contribution is -2.44. The molecule has 0 aromatic carbocycles. The van der Waals surface area contributed by atoms with E-state index >= 15 is 0 Å². The van der Waals surface area contributed by atoms with Gasteiger partial charge in [-0.25, -0.2) is 8.78 Å². The van der Waals surface area contributed by atoms with E-state index in [0.717, 1.165) is 17.7 Å². The standard InChI is InChI=1S/C12H17F2N3O/c1-7-4-16-17-9(11(13)14)5-18-12(10(7)17)3-8(2)15-6-12/h4,8-9,11,15H,3,5-6H2,1-2H3/t8?,9-,12-/m0/s1. The zero-order valence-electron chi connectivity index (χ0n) is 10.5. The van der Waals surface area contributed by atoms with E-state index < -0.39 is 18.1 Å². The van der Waals surface area contributed by atoms with Crippen molar-refractivity contribution in [1.82, 2.24) is 15.1 Å². The first kappa shape index (κ1) is 12.0. The molecule has 1 spiro atoms. The molecule has 0 saturated carbocycles. The highest BCUT2D eigenvalue weighted by Gasteiger charge is 2.48. The van der Waals surface area contributed by atoms with Gasteiger partial charge in [0.1, 0.15) is 11.6 Å². The van der Waals surface area contributed by atoms with Crippen LogP contribution in [0.25, 0.3) is 0 Å². The van der Waals surface area contributed by atoms with Crippen molar-refractivity contribution in [2.24, 2.45) is 0 Å². The Kier molecular flexibility index (Phi) is 2.67. The number of nitrogens with zero attached hydrogens (tertiary/aromatic N) is 2. The molecule has 1 fully saturated rings. The molecule has 0 aliphatic carbocycles. The van der Waals surface area contributed by atoms with Crippen molar-refractivity contribution in [1.29, 1.82) is 0 Å². The lowest BCUT2D eigenvalue weighted by Gasteiger charge is -2.38. The summed E-state index contributed by atoms with van der Waals surface area (Å²) in [5.74, 6) is 0. The molecular formula is C12H17F2N3O. The minimum absolute atomic E-state index is 0.0280. The number of halogens is 2. The predicted molar refractivity (Wildman–Crippen MR) is 61.7 cm³/mol. The van der Waals surface area contributed by atoms with Gasteiger partial charge in [0.2, 0.25) is 0 Å². The molecule has 1 N–H and O–H groups in total. The molecule has 6 heteroatoms. The van der Waals surface area contributed by atoms with E-state index in [4.69, 9.17) is 4.74 Å². The van der Waals surface area contributed by atoms with E-state index in [1.54, 1.807) is 6.20 Å². The van der Waals surface area contributed by atoms with Gasteiger partial charge in [0.25, 0.3) is 6.43 Å². The SMILES string of the molecule is Cc1cnn2c1[C@]1(CNC(C)C1)OC[C@H]2C(F)F. The average molecular weight is 257 g/mol. The molecule has 4 nitrogen and oxygen atoms in total. The summed E-state index contributed by atoms with van der Waals surface area (Å²) in [5.41, 5.74) is 1.26. The third kappa shape index (κ3) is 1.59. The van der Waals surface area contributed by atoms with Gasteiger partial charge in [-0.3, -0.25) is 4.68 Å². The van der Waals surface area contributed by atoms with Crippen LogP contribution in [-0.2, 0) is 10.3 Å². The molecular weight excluding hydrogens is 240 g/mol. The van der Waals surface area contributed by atoms with E-state index in [2.05, 4.69) is 17.3 Å². The first-order valence-electron chi connectivity index (χ1n) is 6.23. The summed E-state index contributed by atoms with van der Waals surface area (Å²) in [4.78, 5) is 0. The van der Waals surface area contributed by atoms with Crippen LogP contribution < -0.4 is 5.32 Å². The third-order valence-corrected chi connectivity index (χ3v) is 3.92. The van der Waals surface area contributed by atoms with Crippen LogP contribution >= 0.6 is 0 Å².